The van der Waals surface area contributed by atoms with Gasteiger partial charge in [0.25, 0.3) is 0 Å². The molecule has 2 aromatic rings. The third kappa shape index (κ3) is 5.50. The van der Waals surface area contributed by atoms with E-state index in [4.69, 9.17) is 4.74 Å². The summed E-state index contributed by atoms with van der Waals surface area (Å²) in [7, 11) is 1.82. The molecule has 2 N–H and O–H groups in total. The molecule has 2 heterocycles. The lowest BCUT2D eigenvalue weighted by atomic mass is 9.86. The van der Waals surface area contributed by atoms with E-state index in [9.17, 15) is 4.79 Å². The van der Waals surface area contributed by atoms with E-state index in [1.807, 2.05) is 11.9 Å². The molecule has 2 aliphatic heterocycles. The number of nitrogens with one attached hydrogen (secondary N) is 2. The number of para-hydroxylation sites is 1. The van der Waals surface area contributed by atoms with Crippen molar-refractivity contribution in [1.82, 2.24) is 15.5 Å². The molecule has 1 aliphatic carbocycles. The molecule has 5 rings (SSSR count). The molecule has 1 spiro atoms. The highest BCUT2D eigenvalue weighted by Gasteiger charge is 2.43. The summed E-state index contributed by atoms with van der Waals surface area (Å²) in [5.41, 5.74) is 3.53. The van der Waals surface area contributed by atoms with E-state index >= 15 is 0 Å². The van der Waals surface area contributed by atoms with Crippen molar-refractivity contribution in [2.45, 2.75) is 69.7 Å². The predicted molar refractivity (Wildman–Crippen MR) is 145 cm³/mol. The Kier molecular flexibility index (Phi) is 8.01. The minimum absolute atomic E-state index is 0. The molecule has 1 unspecified atom stereocenters. The summed E-state index contributed by atoms with van der Waals surface area (Å²) >= 11 is 0. The predicted octanol–water partition coefficient (Wildman–Crippen LogP) is 4.93. The van der Waals surface area contributed by atoms with Gasteiger partial charge in [0.1, 0.15) is 11.4 Å². The average Bonchev–Trinajstić information content (AvgIpc) is 3.46. The second-order valence-corrected chi connectivity index (χ2v) is 9.59. The summed E-state index contributed by atoms with van der Waals surface area (Å²) < 4.78 is 6.50. The van der Waals surface area contributed by atoms with Crippen molar-refractivity contribution in [2.75, 3.05) is 13.6 Å². The maximum atomic E-state index is 11.9. The Morgan fingerprint density at radius 2 is 1.82 bits per heavy atom. The van der Waals surface area contributed by atoms with Gasteiger partial charge in [-0.05, 0) is 49.3 Å². The quantitative estimate of drug-likeness (QED) is 0.302. The average molecular weight is 575 g/mol. The lowest BCUT2D eigenvalue weighted by Crippen LogP contribution is -2.46. The van der Waals surface area contributed by atoms with Gasteiger partial charge in [-0.25, -0.2) is 0 Å². The Morgan fingerprint density at radius 3 is 2.53 bits per heavy atom. The number of rotatable bonds is 5. The van der Waals surface area contributed by atoms with Gasteiger partial charge in [-0.15, -0.1) is 24.0 Å². The van der Waals surface area contributed by atoms with Crippen molar-refractivity contribution >= 4 is 35.8 Å². The number of fused-ring (bicyclic) bond motifs is 1. The van der Waals surface area contributed by atoms with E-state index in [1.165, 1.54) is 29.5 Å². The van der Waals surface area contributed by atoms with Crippen molar-refractivity contribution in [2.24, 2.45) is 4.99 Å². The topological polar surface area (TPSA) is 66.0 Å². The van der Waals surface area contributed by atoms with Crippen molar-refractivity contribution in [1.29, 1.82) is 0 Å². The lowest BCUT2D eigenvalue weighted by molar-refractivity contribution is -0.128. The lowest BCUT2D eigenvalue weighted by Gasteiger charge is -2.40. The molecule has 2 aromatic carbocycles. The summed E-state index contributed by atoms with van der Waals surface area (Å²) in [6.45, 7) is 2.28. The SMILES string of the molecule is CN=C(NCc1ccc(CN2CCCC2=O)cc1)NC1CC2(CCCC2)Oc2ccccc21.I. The zero-order valence-corrected chi connectivity index (χ0v) is 22.2. The second kappa shape index (κ2) is 11.0. The highest BCUT2D eigenvalue weighted by atomic mass is 127. The number of hydrogen-bond donors (Lipinski definition) is 2. The second-order valence-electron chi connectivity index (χ2n) is 9.59. The molecule has 34 heavy (non-hydrogen) atoms. The largest absolute Gasteiger partial charge is 0.487 e. The van der Waals surface area contributed by atoms with Crippen LogP contribution in [-0.4, -0.2) is 36.0 Å². The number of halogens is 1. The van der Waals surface area contributed by atoms with E-state index in [0.29, 0.717) is 19.5 Å². The summed E-state index contributed by atoms with van der Waals surface area (Å²) in [6.07, 6.45) is 7.36. The number of likely N-dealkylation sites (tertiary alicyclic amines) is 1. The number of amides is 1. The summed E-state index contributed by atoms with van der Waals surface area (Å²) in [6, 6.07) is 17.1. The van der Waals surface area contributed by atoms with Gasteiger partial charge in [-0.3, -0.25) is 9.79 Å². The molecule has 0 aromatic heterocycles. The maximum Gasteiger partial charge on any atom is 0.222 e. The molecule has 7 heteroatoms. The first kappa shape index (κ1) is 24.8. The third-order valence-corrected chi connectivity index (χ3v) is 7.27. The molecule has 2 fully saturated rings. The first-order chi connectivity index (χ1) is 16.1. The highest BCUT2D eigenvalue weighted by Crippen LogP contribution is 2.46. The van der Waals surface area contributed by atoms with Gasteiger partial charge < -0.3 is 20.3 Å². The summed E-state index contributed by atoms with van der Waals surface area (Å²) in [4.78, 5) is 18.3. The number of guanidine groups is 1. The van der Waals surface area contributed by atoms with Crippen LogP contribution in [0, 0.1) is 0 Å². The molecule has 1 amide bonds. The molecule has 3 aliphatic rings. The van der Waals surface area contributed by atoms with Gasteiger partial charge in [-0.2, -0.15) is 0 Å². The van der Waals surface area contributed by atoms with Crippen molar-refractivity contribution in [3.63, 3.8) is 0 Å². The van der Waals surface area contributed by atoms with Gasteiger partial charge >= 0.3 is 0 Å². The maximum absolute atomic E-state index is 11.9. The van der Waals surface area contributed by atoms with E-state index in [0.717, 1.165) is 43.9 Å². The minimum Gasteiger partial charge on any atom is -0.487 e. The number of hydrogen-bond acceptors (Lipinski definition) is 3. The minimum atomic E-state index is -0.0442. The summed E-state index contributed by atoms with van der Waals surface area (Å²) in [5.74, 6) is 2.08. The number of aliphatic imine (C=N–C) groups is 1. The molecule has 6 nitrogen and oxygen atoms in total. The molecule has 1 atom stereocenters. The molecule has 0 radical (unpaired) electrons. The number of ether oxygens (including phenoxy) is 1. The monoisotopic (exact) mass is 574 g/mol. The fourth-order valence-electron chi connectivity index (χ4n) is 5.47. The smallest absolute Gasteiger partial charge is 0.222 e. The van der Waals surface area contributed by atoms with E-state index in [1.54, 1.807) is 0 Å². The number of nitrogens with zero attached hydrogens (tertiary/aromatic N) is 2. The van der Waals surface area contributed by atoms with Crippen molar-refractivity contribution in [3.8, 4) is 5.75 Å². The zero-order valence-electron chi connectivity index (χ0n) is 19.9. The van der Waals surface area contributed by atoms with E-state index in [-0.39, 0.29) is 41.5 Å². The summed E-state index contributed by atoms with van der Waals surface area (Å²) in [5, 5.41) is 7.14. The van der Waals surface area contributed by atoms with Crippen LogP contribution in [-0.2, 0) is 17.9 Å². The Labute approximate surface area is 219 Å². The fraction of sp³-hybridized carbons (Fsp3) is 0.481. The number of benzene rings is 2. The first-order valence-corrected chi connectivity index (χ1v) is 12.2. The van der Waals surface area contributed by atoms with Crippen LogP contribution in [0.5, 0.6) is 5.75 Å². The Balaban J connectivity index is 0.00000274. The van der Waals surface area contributed by atoms with Gasteiger partial charge in [0, 0.05) is 45.1 Å². The zero-order chi connectivity index (χ0) is 22.7. The van der Waals surface area contributed by atoms with Crippen LogP contribution in [0.15, 0.2) is 53.5 Å². The van der Waals surface area contributed by atoms with Crippen LogP contribution in [0.2, 0.25) is 0 Å². The van der Waals surface area contributed by atoms with Gasteiger partial charge in [0.15, 0.2) is 5.96 Å². The first-order valence-electron chi connectivity index (χ1n) is 12.2. The van der Waals surface area contributed by atoms with Crippen LogP contribution >= 0.6 is 24.0 Å². The highest BCUT2D eigenvalue weighted by molar-refractivity contribution is 14.0. The van der Waals surface area contributed by atoms with Crippen molar-refractivity contribution in [3.05, 3.63) is 65.2 Å². The molecular formula is C27H35IN4O2. The molecule has 1 saturated heterocycles. The Hall–Kier alpha value is -2.29. The number of carbonyl (C=O) groups excluding carboxylic acids is 1. The van der Waals surface area contributed by atoms with Crippen LogP contribution in [0.4, 0.5) is 0 Å². The van der Waals surface area contributed by atoms with Crippen LogP contribution in [0.3, 0.4) is 0 Å². The van der Waals surface area contributed by atoms with Crippen LogP contribution in [0.25, 0.3) is 0 Å². The van der Waals surface area contributed by atoms with E-state index < -0.39 is 0 Å². The van der Waals surface area contributed by atoms with Gasteiger partial charge in [0.2, 0.25) is 5.91 Å². The standard InChI is InChI=1S/C27H34N4O2.HI/c1-28-26(29-18-20-10-12-21(13-11-20)19-31-16-6-9-25(31)32)30-23-17-27(14-4-5-15-27)33-24-8-3-2-7-22(23)24;/h2-3,7-8,10-13,23H,4-6,9,14-19H2,1H3,(H2,28,29,30);1H. The van der Waals surface area contributed by atoms with Crippen LogP contribution in [0.1, 0.15) is 67.7 Å². The normalized spacial score (nSPS) is 21.1. The Bertz CT molecular complexity index is 1020. The van der Waals surface area contributed by atoms with Crippen molar-refractivity contribution < 1.29 is 9.53 Å². The fourth-order valence-corrected chi connectivity index (χ4v) is 5.47. The van der Waals surface area contributed by atoms with Gasteiger partial charge in [-0.1, -0.05) is 42.5 Å². The molecular weight excluding hydrogens is 539 g/mol. The van der Waals surface area contributed by atoms with Gasteiger partial charge in [0.05, 0.1) is 6.04 Å². The molecule has 182 valence electrons. The Morgan fingerprint density at radius 1 is 1.09 bits per heavy atom. The molecule has 0 bridgehead atoms. The van der Waals surface area contributed by atoms with E-state index in [2.05, 4.69) is 64.2 Å². The third-order valence-electron chi connectivity index (χ3n) is 7.27. The van der Waals surface area contributed by atoms with Crippen LogP contribution < -0.4 is 15.4 Å². The number of carbonyl (C=O) groups is 1. The molecule has 1 saturated carbocycles.